The number of amides is 2. The lowest BCUT2D eigenvalue weighted by Gasteiger charge is -2.26. The van der Waals surface area contributed by atoms with Crippen molar-refractivity contribution in [3.05, 3.63) is 65.7 Å². The average Bonchev–Trinajstić information content (AvgIpc) is 2.73. The van der Waals surface area contributed by atoms with Crippen LogP contribution in [0.4, 0.5) is 5.69 Å². The van der Waals surface area contributed by atoms with E-state index in [4.69, 9.17) is 0 Å². The van der Waals surface area contributed by atoms with E-state index in [-0.39, 0.29) is 18.4 Å². The van der Waals surface area contributed by atoms with Gasteiger partial charge in [0.25, 0.3) is 5.91 Å². The van der Waals surface area contributed by atoms with Crippen molar-refractivity contribution in [2.45, 2.75) is 25.8 Å². The van der Waals surface area contributed by atoms with Crippen LogP contribution in [-0.4, -0.2) is 48.3 Å². The SMILES string of the molecule is CN(Cc1ccccc1)C(=O)CNc1cccc(C(=O)N2CCCCC2)c1. The molecule has 3 rings (SSSR count). The van der Waals surface area contributed by atoms with Crippen molar-refractivity contribution >= 4 is 17.5 Å². The van der Waals surface area contributed by atoms with Gasteiger partial charge in [0, 0.05) is 37.9 Å². The molecule has 1 fully saturated rings. The van der Waals surface area contributed by atoms with Crippen LogP contribution in [0.3, 0.4) is 0 Å². The first-order valence-electron chi connectivity index (χ1n) is 9.54. The van der Waals surface area contributed by atoms with Gasteiger partial charge >= 0.3 is 0 Å². The minimum atomic E-state index is 0.00612. The number of likely N-dealkylation sites (tertiary alicyclic amines) is 1. The highest BCUT2D eigenvalue weighted by Crippen LogP contribution is 2.16. The van der Waals surface area contributed by atoms with Gasteiger partial charge in [0.15, 0.2) is 0 Å². The van der Waals surface area contributed by atoms with Gasteiger partial charge in [-0.25, -0.2) is 0 Å². The summed E-state index contributed by atoms with van der Waals surface area (Å²) in [6.45, 7) is 2.44. The Hall–Kier alpha value is -2.82. The second-order valence-electron chi connectivity index (χ2n) is 7.02. The molecule has 0 aromatic heterocycles. The van der Waals surface area contributed by atoms with Crippen LogP contribution in [0.25, 0.3) is 0 Å². The highest BCUT2D eigenvalue weighted by Gasteiger charge is 2.18. The molecule has 0 unspecified atom stereocenters. The molecule has 5 heteroatoms. The quantitative estimate of drug-likeness (QED) is 0.854. The molecule has 0 spiro atoms. The fraction of sp³-hybridized carbons (Fsp3) is 0.364. The Morgan fingerprint density at radius 2 is 1.74 bits per heavy atom. The van der Waals surface area contributed by atoms with Crippen LogP contribution in [-0.2, 0) is 11.3 Å². The Balaban J connectivity index is 1.54. The monoisotopic (exact) mass is 365 g/mol. The minimum Gasteiger partial charge on any atom is -0.376 e. The van der Waals surface area contributed by atoms with Crippen molar-refractivity contribution in [3.63, 3.8) is 0 Å². The van der Waals surface area contributed by atoms with E-state index >= 15 is 0 Å². The van der Waals surface area contributed by atoms with Gasteiger partial charge in [-0.3, -0.25) is 9.59 Å². The summed E-state index contributed by atoms with van der Waals surface area (Å²) in [7, 11) is 1.80. The number of anilines is 1. The van der Waals surface area contributed by atoms with E-state index in [9.17, 15) is 9.59 Å². The number of benzene rings is 2. The number of piperidine rings is 1. The van der Waals surface area contributed by atoms with Crippen LogP contribution in [0.15, 0.2) is 54.6 Å². The second-order valence-corrected chi connectivity index (χ2v) is 7.02. The van der Waals surface area contributed by atoms with Gasteiger partial charge in [0.05, 0.1) is 6.54 Å². The van der Waals surface area contributed by atoms with Crippen molar-refractivity contribution < 1.29 is 9.59 Å². The molecule has 27 heavy (non-hydrogen) atoms. The lowest BCUT2D eigenvalue weighted by Crippen LogP contribution is -2.35. The topological polar surface area (TPSA) is 52.7 Å². The molecule has 5 nitrogen and oxygen atoms in total. The predicted octanol–water partition coefficient (Wildman–Crippen LogP) is 3.38. The number of carbonyl (C=O) groups is 2. The third kappa shape index (κ3) is 5.33. The normalized spacial score (nSPS) is 13.9. The van der Waals surface area contributed by atoms with Gasteiger partial charge in [-0.1, -0.05) is 36.4 Å². The second kappa shape index (κ2) is 9.21. The molecule has 1 N–H and O–H groups in total. The molecule has 2 aromatic carbocycles. The lowest BCUT2D eigenvalue weighted by atomic mass is 10.1. The smallest absolute Gasteiger partial charge is 0.253 e. The summed E-state index contributed by atoms with van der Waals surface area (Å²) < 4.78 is 0. The van der Waals surface area contributed by atoms with E-state index < -0.39 is 0 Å². The summed E-state index contributed by atoms with van der Waals surface area (Å²) in [5.41, 5.74) is 2.56. The molecule has 0 bridgehead atoms. The summed E-state index contributed by atoms with van der Waals surface area (Å²) in [6, 6.07) is 17.3. The molecule has 0 atom stereocenters. The van der Waals surface area contributed by atoms with E-state index in [1.54, 1.807) is 11.9 Å². The molecule has 1 heterocycles. The van der Waals surface area contributed by atoms with E-state index in [0.29, 0.717) is 12.1 Å². The van der Waals surface area contributed by atoms with Crippen molar-refractivity contribution in [3.8, 4) is 0 Å². The first kappa shape index (κ1) is 19.0. The van der Waals surface area contributed by atoms with Crippen LogP contribution in [0, 0.1) is 0 Å². The van der Waals surface area contributed by atoms with Crippen LogP contribution >= 0.6 is 0 Å². The predicted molar refractivity (Wildman–Crippen MR) is 108 cm³/mol. The molecule has 0 aliphatic carbocycles. The van der Waals surface area contributed by atoms with Crippen molar-refractivity contribution in [2.24, 2.45) is 0 Å². The zero-order valence-corrected chi connectivity index (χ0v) is 15.9. The first-order valence-corrected chi connectivity index (χ1v) is 9.54. The minimum absolute atomic E-state index is 0.00612. The Kier molecular flexibility index (Phi) is 6.47. The summed E-state index contributed by atoms with van der Waals surface area (Å²) in [5.74, 6) is 0.0810. The Labute approximate surface area is 161 Å². The van der Waals surface area contributed by atoms with Crippen molar-refractivity contribution in [1.29, 1.82) is 0 Å². The molecular weight excluding hydrogens is 338 g/mol. The van der Waals surface area contributed by atoms with Gasteiger partial charge in [-0.2, -0.15) is 0 Å². The van der Waals surface area contributed by atoms with Crippen molar-refractivity contribution in [1.82, 2.24) is 9.80 Å². The number of nitrogens with one attached hydrogen (secondary N) is 1. The maximum Gasteiger partial charge on any atom is 0.253 e. The van der Waals surface area contributed by atoms with Crippen molar-refractivity contribution in [2.75, 3.05) is 32.0 Å². The van der Waals surface area contributed by atoms with Gasteiger partial charge in [-0.05, 0) is 43.0 Å². The zero-order chi connectivity index (χ0) is 19.1. The number of hydrogen-bond donors (Lipinski definition) is 1. The summed E-state index contributed by atoms with van der Waals surface area (Å²) >= 11 is 0. The number of nitrogens with zero attached hydrogens (tertiary/aromatic N) is 2. The number of rotatable bonds is 6. The van der Waals surface area contributed by atoms with E-state index in [0.717, 1.165) is 37.2 Å². The number of hydrogen-bond acceptors (Lipinski definition) is 3. The zero-order valence-electron chi connectivity index (χ0n) is 15.9. The number of carbonyl (C=O) groups excluding carboxylic acids is 2. The fourth-order valence-corrected chi connectivity index (χ4v) is 3.30. The van der Waals surface area contributed by atoms with Crippen LogP contribution in [0.2, 0.25) is 0 Å². The molecule has 0 saturated carbocycles. The third-order valence-corrected chi connectivity index (χ3v) is 4.88. The van der Waals surface area contributed by atoms with Crippen LogP contribution < -0.4 is 5.32 Å². The molecule has 0 radical (unpaired) electrons. The molecule has 1 aliphatic heterocycles. The van der Waals surface area contributed by atoms with E-state index in [1.165, 1.54) is 6.42 Å². The molecule has 1 aliphatic rings. The van der Waals surface area contributed by atoms with E-state index in [2.05, 4.69) is 5.32 Å². The molecule has 1 saturated heterocycles. The largest absolute Gasteiger partial charge is 0.376 e. The highest BCUT2D eigenvalue weighted by molar-refractivity contribution is 5.95. The van der Waals surface area contributed by atoms with Crippen LogP contribution in [0.5, 0.6) is 0 Å². The average molecular weight is 365 g/mol. The fourth-order valence-electron chi connectivity index (χ4n) is 3.30. The van der Waals surface area contributed by atoms with E-state index in [1.807, 2.05) is 59.5 Å². The van der Waals surface area contributed by atoms with Gasteiger partial charge in [0.1, 0.15) is 0 Å². The van der Waals surface area contributed by atoms with Gasteiger partial charge in [-0.15, -0.1) is 0 Å². The summed E-state index contributed by atoms with van der Waals surface area (Å²) in [4.78, 5) is 28.6. The first-order chi connectivity index (χ1) is 13.1. The maximum atomic E-state index is 12.6. The summed E-state index contributed by atoms with van der Waals surface area (Å²) in [5, 5.41) is 3.15. The highest BCUT2D eigenvalue weighted by atomic mass is 16.2. The maximum absolute atomic E-state index is 12.6. The molecule has 142 valence electrons. The molecule has 2 amide bonds. The third-order valence-electron chi connectivity index (χ3n) is 4.88. The Morgan fingerprint density at radius 3 is 2.48 bits per heavy atom. The Morgan fingerprint density at radius 1 is 1.00 bits per heavy atom. The molecular formula is C22H27N3O2. The van der Waals surface area contributed by atoms with Crippen LogP contribution in [0.1, 0.15) is 35.2 Å². The standard InChI is InChI=1S/C22H27N3O2/c1-24(17-18-9-4-2-5-10-18)21(26)16-23-20-12-8-11-19(15-20)22(27)25-13-6-3-7-14-25/h2,4-5,8-12,15,23H,3,6-7,13-14,16-17H2,1H3. The summed E-state index contributed by atoms with van der Waals surface area (Å²) in [6.07, 6.45) is 3.35. The Bertz CT molecular complexity index is 770. The van der Waals surface area contributed by atoms with Gasteiger partial charge in [0.2, 0.25) is 5.91 Å². The lowest BCUT2D eigenvalue weighted by molar-refractivity contribution is -0.128. The number of likely N-dealkylation sites (N-methyl/N-ethyl adjacent to an activating group) is 1. The van der Waals surface area contributed by atoms with Gasteiger partial charge < -0.3 is 15.1 Å². The molecule has 2 aromatic rings.